The molecule has 1 aromatic heterocycles. The average molecular weight is 365 g/mol. The second-order valence-electron chi connectivity index (χ2n) is 6.06. The summed E-state index contributed by atoms with van der Waals surface area (Å²) in [5.74, 6) is -0.479. The third-order valence-electron chi connectivity index (χ3n) is 3.82. The van der Waals surface area contributed by atoms with E-state index in [0.29, 0.717) is 12.2 Å². The Hall–Kier alpha value is -2.35. The number of ether oxygens (including phenoxy) is 1. The van der Waals surface area contributed by atoms with Crippen LogP contribution in [0, 0.1) is 6.92 Å². The van der Waals surface area contributed by atoms with Crippen LogP contribution in [0.5, 0.6) is 5.75 Å². The molecule has 1 amide bonds. The number of hydrogen-bond acceptors (Lipinski definition) is 5. The van der Waals surface area contributed by atoms with Gasteiger partial charge in [-0.15, -0.1) is 0 Å². The van der Waals surface area contributed by atoms with Crippen LogP contribution in [0.4, 0.5) is 0 Å². The van der Waals surface area contributed by atoms with Gasteiger partial charge < -0.3 is 9.64 Å². The van der Waals surface area contributed by atoms with Crippen molar-refractivity contribution in [3.8, 4) is 5.75 Å². The molecule has 0 fully saturated rings. The molecule has 8 heteroatoms. The predicted molar refractivity (Wildman–Crippen MR) is 94.9 cm³/mol. The zero-order valence-electron chi connectivity index (χ0n) is 14.9. The van der Waals surface area contributed by atoms with Gasteiger partial charge in [0.05, 0.1) is 18.6 Å². The predicted octanol–water partition coefficient (Wildman–Crippen LogP) is 1.31. The zero-order valence-corrected chi connectivity index (χ0v) is 15.7. The van der Waals surface area contributed by atoms with Gasteiger partial charge in [-0.3, -0.25) is 9.48 Å². The Balaban J connectivity index is 1.97. The Morgan fingerprint density at radius 2 is 1.92 bits per heavy atom. The van der Waals surface area contributed by atoms with Crippen LogP contribution in [0.15, 0.2) is 30.5 Å². The summed E-state index contributed by atoms with van der Waals surface area (Å²) < 4.78 is 31.3. The normalized spacial score (nSPS) is 11.4. The molecule has 0 aliphatic rings. The molecule has 25 heavy (non-hydrogen) atoms. The smallest absolute Gasteiger partial charge is 0.237 e. The lowest BCUT2D eigenvalue weighted by Gasteiger charge is -2.17. The monoisotopic (exact) mass is 365 g/mol. The topological polar surface area (TPSA) is 81.5 Å². The standard InChI is InChI=1S/C17H23N3O4S/c1-13-9-20(3)18-16(13)11-25(22,23)12-17(21)19(2)10-14-5-7-15(24-4)8-6-14/h5-9H,10-12H2,1-4H3. The lowest BCUT2D eigenvalue weighted by molar-refractivity contribution is -0.127. The number of aryl methyl sites for hydroxylation is 2. The molecule has 0 saturated heterocycles. The fourth-order valence-corrected chi connectivity index (χ4v) is 3.85. The first kappa shape index (κ1) is 19.0. The molecule has 0 radical (unpaired) electrons. The summed E-state index contributed by atoms with van der Waals surface area (Å²) in [7, 11) is 1.33. The number of rotatable bonds is 7. The van der Waals surface area contributed by atoms with Gasteiger partial charge in [0.2, 0.25) is 5.91 Å². The third-order valence-corrected chi connectivity index (χ3v) is 5.22. The summed E-state index contributed by atoms with van der Waals surface area (Å²) in [5, 5.41) is 4.13. The molecule has 0 unspecified atom stereocenters. The lowest BCUT2D eigenvalue weighted by Crippen LogP contribution is -2.32. The number of methoxy groups -OCH3 is 1. The number of nitrogens with zero attached hydrogens (tertiary/aromatic N) is 3. The van der Waals surface area contributed by atoms with Gasteiger partial charge in [-0.05, 0) is 30.2 Å². The fourth-order valence-electron chi connectivity index (χ4n) is 2.45. The minimum atomic E-state index is -3.58. The number of carbonyl (C=O) groups is 1. The van der Waals surface area contributed by atoms with Crippen LogP contribution in [0.25, 0.3) is 0 Å². The van der Waals surface area contributed by atoms with Crippen LogP contribution >= 0.6 is 0 Å². The SMILES string of the molecule is COc1ccc(CN(C)C(=O)CS(=O)(=O)Cc2nn(C)cc2C)cc1. The minimum absolute atomic E-state index is 0.234. The van der Waals surface area contributed by atoms with E-state index in [1.54, 1.807) is 51.1 Å². The van der Waals surface area contributed by atoms with Crippen molar-refractivity contribution in [3.63, 3.8) is 0 Å². The minimum Gasteiger partial charge on any atom is -0.497 e. The Morgan fingerprint density at radius 3 is 2.44 bits per heavy atom. The molecule has 0 atom stereocenters. The van der Waals surface area contributed by atoms with E-state index < -0.39 is 21.5 Å². The number of sulfone groups is 1. The van der Waals surface area contributed by atoms with Gasteiger partial charge in [0.25, 0.3) is 0 Å². The maximum absolute atomic E-state index is 12.3. The molecular formula is C17H23N3O4S. The third kappa shape index (κ3) is 5.32. The quantitative estimate of drug-likeness (QED) is 0.739. The van der Waals surface area contributed by atoms with Gasteiger partial charge in [0, 0.05) is 26.8 Å². The zero-order chi connectivity index (χ0) is 18.6. The van der Waals surface area contributed by atoms with Gasteiger partial charge in [-0.25, -0.2) is 8.42 Å². The van der Waals surface area contributed by atoms with E-state index in [-0.39, 0.29) is 5.75 Å². The second kappa shape index (κ2) is 7.69. The summed E-state index contributed by atoms with van der Waals surface area (Å²) in [5.41, 5.74) is 2.17. The first-order chi connectivity index (χ1) is 11.7. The first-order valence-electron chi connectivity index (χ1n) is 7.76. The number of amides is 1. The van der Waals surface area contributed by atoms with Crippen LogP contribution in [0.1, 0.15) is 16.8 Å². The molecule has 1 aromatic carbocycles. The molecular weight excluding hydrogens is 342 g/mol. The molecule has 0 N–H and O–H groups in total. The highest BCUT2D eigenvalue weighted by atomic mass is 32.2. The van der Waals surface area contributed by atoms with Crippen LogP contribution in [0.2, 0.25) is 0 Å². The number of carbonyl (C=O) groups excluding carboxylic acids is 1. The van der Waals surface area contributed by atoms with E-state index in [9.17, 15) is 13.2 Å². The maximum Gasteiger partial charge on any atom is 0.237 e. The summed E-state index contributed by atoms with van der Waals surface area (Å²) >= 11 is 0. The van der Waals surface area contributed by atoms with Gasteiger partial charge in [-0.1, -0.05) is 12.1 Å². The van der Waals surface area contributed by atoms with Crippen LogP contribution in [-0.4, -0.2) is 48.9 Å². The molecule has 7 nitrogen and oxygen atoms in total. The van der Waals surface area contributed by atoms with E-state index in [4.69, 9.17) is 4.74 Å². The highest BCUT2D eigenvalue weighted by Crippen LogP contribution is 2.14. The first-order valence-corrected chi connectivity index (χ1v) is 9.59. The largest absolute Gasteiger partial charge is 0.497 e. The lowest BCUT2D eigenvalue weighted by atomic mass is 10.2. The Labute approximate surface area is 148 Å². The van der Waals surface area contributed by atoms with Crippen molar-refractivity contribution in [2.45, 2.75) is 19.2 Å². The summed E-state index contributed by atoms with van der Waals surface area (Å²) in [4.78, 5) is 13.7. The molecule has 136 valence electrons. The van der Waals surface area contributed by atoms with E-state index in [1.165, 1.54) is 4.90 Å². The highest BCUT2D eigenvalue weighted by molar-refractivity contribution is 7.91. The molecule has 2 aromatic rings. The van der Waals surface area contributed by atoms with Crippen LogP contribution < -0.4 is 4.74 Å². The van der Waals surface area contributed by atoms with E-state index >= 15 is 0 Å². The van der Waals surface area contributed by atoms with Crippen molar-refractivity contribution in [3.05, 3.63) is 47.3 Å². The molecule has 1 heterocycles. The van der Waals surface area contributed by atoms with Crippen molar-refractivity contribution in [1.29, 1.82) is 0 Å². The Bertz CT molecular complexity index is 841. The maximum atomic E-state index is 12.3. The Kier molecular flexibility index (Phi) is 5.84. The van der Waals surface area contributed by atoms with Crippen LogP contribution in [-0.2, 0) is 34.0 Å². The summed E-state index contributed by atoms with van der Waals surface area (Å²) in [6, 6.07) is 7.28. The van der Waals surface area contributed by atoms with Gasteiger partial charge in [0.1, 0.15) is 11.5 Å². The van der Waals surface area contributed by atoms with E-state index in [1.807, 2.05) is 12.1 Å². The summed E-state index contributed by atoms with van der Waals surface area (Å²) in [6.45, 7) is 2.14. The number of hydrogen-bond donors (Lipinski definition) is 0. The highest BCUT2D eigenvalue weighted by Gasteiger charge is 2.22. The van der Waals surface area contributed by atoms with Crippen molar-refractivity contribution in [2.24, 2.45) is 7.05 Å². The molecule has 0 aliphatic carbocycles. The molecule has 2 rings (SSSR count). The fraction of sp³-hybridized carbons (Fsp3) is 0.412. The van der Waals surface area contributed by atoms with Gasteiger partial charge in [0.15, 0.2) is 9.84 Å². The van der Waals surface area contributed by atoms with E-state index in [0.717, 1.165) is 16.9 Å². The van der Waals surface area contributed by atoms with Gasteiger partial charge in [-0.2, -0.15) is 5.10 Å². The Morgan fingerprint density at radius 1 is 1.28 bits per heavy atom. The van der Waals surface area contributed by atoms with Crippen molar-refractivity contribution >= 4 is 15.7 Å². The molecule has 0 spiro atoms. The van der Waals surface area contributed by atoms with Crippen molar-refractivity contribution < 1.29 is 17.9 Å². The molecule has 0 aliphatic heterocycles. The van der Waals surface area contributed by atoms with Crippen molar-refractivity contribution in [1.82, 2.24) is 14.7 Å². The summed E-state index contributed by atoms with van der Waals surface area (Å²) in [6.07, 6.45) is 1.75. The van der Waals surface area contributed by atoms with Crippen molar-refractivity contribution in [2.75, 3.05) is 19.9 Å². The molecule has 0 bridgehead atoms. The van der Waals surface area contributed by atoms with E-state index in [2.05, 4.69) is 5.10 Å². The van der Waals surface area contributed by atoms with Crippen LogP contribution in [0.3, 0.4) is 0 Å². The molecule has 0 saturated carbocycles. The average Bonchev–Trinajstić information content (AvgIpc) is 2.84. The second-order valence-corrected chi connectivity index (χ2v) is 8.13. The number of aromatic nitrogens is 2. The van der Waals surface area contributed by atoms with Gasteiger partial charge >= 0.3 is 0 Å². The number of benzene rings is 1.